The molecule has 0 saturated carbocycles. The second-order valence-electron chi connectivity index (χ2n) is 7.57. The van der Waals surface area contributed by atoms with Crippen LogP contribution >= 0.6 is 11.8 Å². The fraction of sp³-hybridized carbons (Fsp3) is 0.409. The molecule has 0 aromatic heterocycles. The van der Waals surface area contributed by atoms with Gasteiger partial charge in [-0.3, -0.25) is 14.6 Å². The van der Waals surface area contributed by atoms with Gasteiger partial charge in [0.25, 0.3) is 0 Å². The zero-order valence-electron chi connectivity index (χ0n) is 16.7. The van der Waals surface area contributed by atoms with Gasteiger partial charge in [-0.05, 0) is 49.9 Å². The van der Waals surface area contributed by atoms with E-state index in [1.165, 1.54) is 5.56 Å². The van der Waals surface area contributed by atoms with Gasteiger partial charge in [-0.1, -0.05) is 30.3 Å². The minimum atomic E-state index is -0.499. The van der Waals surface area contributed by atoms with Crippen LogP contribution in [0.15, 0.2) is 54.6 Å². The molecule has 2 fully saturated rings. The first-order valence-electron chi connectivity index (χ1n) is 9.45. The van der Waals surface area contributed by atoms with Gasteiger partial charge < -0.3 is 9.47 Å². The predicted molar refractivity (Wildman–Crippen MR) is 113 cm³/mol. The molecule has 3 atom stereocenters. The van der Waals surface area contributed by atoms with E-state index in [2.05, 4.69) is 37.1 Å². The van der Waals surface area contributed by atoms with Crippen molar-refractivity contribution < 1.29 is 14.3 Å². The minimum Gasteiger partial charge on any atom is -0.497 e. The lowest BCUT2D eigenvalue weighted by atomic mass is 9.96. The number of nitrogens with zero attached hydrogens (tertiary/aromatic N) is 2. The number of thioether (sulfide) groups is 1. The molecule has 2 heterocycles. The summed E-state index contributed by atoms with van der Waals surface area (Å²) in [6, 6.07) is 17.8. The highest BCUT2D eigenvalue weighted by atomic mass is 32.2. The summed E-state index contributed by atoms with van der Waals surface area (Å²) >= 11 is 1.70. The number of amides is 1. The molecule has 2 aromatic carbocycles. The van der Waals surface area contributed by atoms with Gasteiger partial charge in [-0.2, -0.15) is 0 Å². The Hall–Kier alpha value is -2.02. The van der Waals surface area contributed by atoms with Crippen molar-refractivity contribution in [3.8, 4) is 5.75 Å². The number of benzene rings is 2. The number of hydrogen-bond donors (Lipinski definition) is 0. The zero-order valence-corrected chi connectivity index (χ0v) is 17.5. The van der Waals surface area contributed by atoms with Gasteiger partial charge in [0, 0.05) is 5.69 Å². The lowest BCUT2D eigenvalue weighted by Crippen LogP contribution is -2.72. The monoisotopic (exact) mass is 398 g/mol. The lowest BCUT2D eigenvalue weighted by Gasteiger charge is -2.53. The highest BCUT2D eigenvalue weighted by Crippen LogP contribution is 2.46. The fourth-order valence-corrected chi connectivity index (χ4v) is 5.17. The number of rotatable bonds is 5. The smallest absolute Gasteiger partial charge is 0.248 e. The van der Waals surface area contributed by atoms with E-state index >= 15 is 0 Å². The van der Waals surface area contributed by atoms with Crippen LogP contribution in [0.1, 0.15) is 25.5 Å². The molecule has 0 bridgehead atoms. The first-order valence-corrected chi connectivity index (χ1v) is 10.7. The van der Waals surface area contributed by atoms with Crippen molar-refractivity contribution in [1.29, 1.82) is 0 Å². The van der Waals surface area contributed by atoms with Gasteiger partial charge in [-0.25, -0.2) is 0 Å². The largest absolute Gasteiger partial charge is 0.497 e. The summed E-state index contributed by atoms with van der Waals surface area (Å²) < 4.78 is 11.4. The third kappa shape index (κ3) is 3.09. The van der Waals surface area contributed by atoms with Crippen molar-refractivity contribution >= 4 is 23.4 Å². The van der Waals surface area contributed by atoms with E-state index in [-0.39, 0.29) is 23.4 Å². The summed E-state index contributed by atoms with van der Waals surface area (Å²) in [7, 11) is 1.64. The third-order valence-electron chi connectivity index (χ3n) is 5.64. The van der Waals surface area contributed by atoms with Gasteiger partial charge in [0.05, 0.1) is 19.8 Å². The highest BCUT2D eigenvalue weighted by molar-refractivity contribution is 7.99. The topological polar surface area (TPSA) is 42.0 Å². The van der Waals surface area contributed by atoms with E-state index in [0.29, 0.717) is 6.61 Å². The van der Waals surface area contributed by atoms with Crippen LogP contribution < -0.4 is 9.64 Å². The van der Waals surface area contributed by atoms with Crippen LogP contribution in [-0.4, -0.2) is 47.9 Å². The Morgan fingerprint density at radius 2 is 1.79 bits per heavy atom. The van der Waals surface area contributed by atoms with Crippen molar-refractivity contribution in [3.05, 3.63) is 60.2 Å². The minimum absolute atomic E-state index is 0.0353. The summed E-state index contributed by atoms with van der Waals surface area (Å²) in [5.41, 5.74) is 1.58. The Labute approximate surface area is 170 Å². The van der Waals surface area contributed by atoms with Crippen molar-refractivity contribution in [1.82, 2.24) is 4.90 Å². The van der Waals surface area contributed by atoms with Crippen LogP contribution in [0.25, 0.3) is 0 Å². The van der Waals surface area contributed by atoms with Crippen LogP contribution in [-0.2, 0) is 9.53 Å². The number of hydrogen-bond acceptors (Lipinski definition) is 5. The molecule has 0 aliphatic carbocycles. The van der Waals surface area contributed by atoms with Crippen molar-refractivity contribution in [2.75, 3.05) is 24.9 Å². The first-order chi connectivity index (χ1) is 13.5. The molecule has 0 unspecified atom stereocenters. The van der Waals surface area contributed by atoms with Gasteiger partial charge in [-0.15, -0.1) is 11.8 Å². The first kappa shape index (κ1) is 19.3. The maximum absolute atomic E-state index is 13.3. The summed E-state index contributed by atoms with van der Waals surface area (Å²) in [5.74, 6) is 0.899. The average molecular weight is 399 g/mol. The van der Waals surface area contributed by atoms with E-state index in [1.807, 2.05) is 47.4 Å². The van der Waals surface area contributed by atoms with E-state index < -0.39 is 5.72 Å². The molecule has 0 radical (unpaired) electrons. The molecule has 1 amide bonds. The molecule has 148 valence electrons. The van der Waals surface area contributed by atoms with Gasteiger partial charge in [0.1, 0.15) is 22.9 Å². The molecule has 4 rings (SSSR count). The van der Waals surface area contributed by atoms with Crippen LogP contribution in [0, 0.1) is 0 Å². The van der Waals surface area contributed by atoms with Crippen molar-refractivity contribution in [3.63, 3.8) is 0 Å². The number of β-lactam (4-membered cyclic amide) rings is 1. The number of anilines is 1. The van der Waals surface area contributed by atoms with E-state index in [9.17, 15) is 4.79 Å². The summed E-state index contributed by atoms with van der Waals surface area (Å²) in [6.07, 6.45) is 2.06. The summed E-state index contributed by atoms with van der Waals surface area (Å²) in [4.78, 5) is 17.5. The fourth-order valence-electron chi connectivity index (χ4n) is 4.23. The molecule has 5 nitrogen and oxygen atoms in total. The summed E-state index contributed by atoms with van der Waals surface area (Å²) in [6.45, 7) is 4.69. The van der Waals surface area contributed by atoms with Crippen molar-refractivity contribution in [2.45, 2.75) is 37.0 Å². The second-order valence-corrected chi connectivity index (χ2v) is 8.52. The quantitative estimate of drug-likeness (QED) is 0.715. The van der Waals surface area contributed by atoms with Crippen LogP contribution in [0.2, 0.25) is 0 Å². The maximum Gasteiger partial charge on any atom is 0.248 e. The zero-order chi connectivity index (χ0) is 19.9. The van der Waals surface area contributed by atoms with E-state index in [0.717, 1.165) is 11.4 Å². The van der Waals surface area contributed by atoms with Gasteiger partial charge in [0.15, 0.2) is 0 Å². The van der Waals surface area contributed by atoms with Crippen LogP contribution in [0.5, 0.6) is 5.75 Å². The Bertz CT molecular complexity index is 841. The van der Waals surface area contributed by atoms with Crippen LogP contribution in [0.4, 0.5) is 5.69 Å². The molecule has 2 aliphatic rings. The Kier molecular flexibility index (Phi) is 5.12. The van der Waals surface area contributed by atoms with Crippen molar-refractivity contribution in [2.24, 2.45) is 0 Å². The average Bonchev–Trinajstić information content (AvgIpc) is 3.02. The molecular formula is C22H26N2O3S. The Morgan fingerprint density at radius 3 is 2.39 bits per heavy atom. The molecule has 28 heavy (non-hydrogen) atoms. The standard InChI is InChI=1S/C22H26N2O3S/c1-22(2)24(18(14-27-22)15-8-6-5-7-9-15)19-20(25)23(21(19)28-4)16-10-12-17(26-3)13-11-16/h5-13,18-19,21H,14H2,1-4H3/t18-,19+,21+/m1/s1. The highest BCUT2D eigenvalue weighted by Gasteiger charge is 2.58. The van der Waals surface area contributed by atoms with E-state index in [1.54, 1.807) is 18.9 Å². The SMILES string of the molecule is COc1ccc(N2C(=O)[C@H](N3[C@@H](c4ccccc4)COC3(C)C)[C@@H]2SC)cc1. The normalized spacial score (nSPS) is 26.9. The molecule has 0 spiro atoms. The second kappa shape index (κ2) is 7.43. The van der Waals surface area contributed by atoms with Crippen LogP contribution in [0.3, 0.4) is 0 Å². The molecule has 2 saturated heterocycles. The Balaban J connectivity index is 1.64. The van der Waals surface area contributed by atoms with E-state index in [4.69, 9.17) is 9.47 Å². The molecular weight excluding hydrogens is 372 g/mol. The molecule has 2 aromatic rings. The van der Waals surface area contributed by atoms with Gasteiger partial charge >= 0.3 is 0 Å². The summed E-state index contributed by atoms with van der Waals surface area (Å²) in [5, 5.41) is 0.0353. The third-order valence-corrected chi connectivity index (χ3v) is 6.59. The predicted octanol–water partition coefficient (Wildman–Crippen LogP) is 3.91. The molecule has 2 aliphatic heterocycles. The molecule has 0 N–H and O–H groups in total. The number of carbonyl (C=O) groups is 1. The lowest BCUT2D eigenvalue weighted by molar-refractivity contribution is -0.141. The number of ether oxygens (including phenoxy) is 2. The maximum atomic E-state index is 13.3. The number of carbonyl (C=O) groups excluding carboxylic acids is 1. The number of methoxy groups -OCH3 is 1. The van der Waals surface area contributed by atoms with Gasteiger partial charge in [0.2, 0.25) is 5.91 Å². The Morgan fingerprint density at radius 1 is 1.11 bits per heavy atom. The molecule has 6 heteroatoms.